The maximum absolute atomic E-state index is 12.1. The summed E-state index contributed by atoms with van der Waals surface area (Å²) < 4.78 is 5.76. The highest BCUT2D eigenvalue weighted by atomic mass is 28.4. The second-order valence-corrected chi connectivity index (χ2v) is 17.9. The number of nitrogens with one attached hydrogen (secondary N) is 1. The van der Waals surface area contributed by atoms with Gasteiger partial charge in [0.1, 0.15) is 0 Å². The molecule has 3 nitrogen and oxygen atoms in total. The van der Waals surface area contributed by atoms with Gasteiger partial charge >= 0.3 is 6.09 Å². The minimum atomic E-state index is -2.02. The van der Waals surface area contributed by atoms with Crippen LogP contribution in [0.4, 0.5) is 4.79 Å². The maximum atomic E-state index is 12.1. The van der Waals surface area contributed by atoms with Crippen LogP contribution >= 0.6 is 0 Å². The van der Waals surface area contributed by atoms with Gasteiger partial charge in [-0.3, -0.25) is 0 Å². The molecule has 0 bridgehead atoms. The van der Waals surface area contributed by atoms with Crippen molar-refractivity contribution in [1.82, 2.24) is 4.98 Å². The summed E-state index contributed by atoms with van der Waals surface area (Å²) in [5, 5.41) is 0.178. The van der Waals surface area contributed by atoms with Gasteiger partial charge < -0.3 is 9.41 Å². The molecule has 18 heavy (non-hydrogen) atoms. The maximum Gasteiger partial charge on any atom is 0.385 e. The lowest BCUT2D eigenvalue weighted by molar-refractivity contribution is 0.200. The molecule has 0 aliphatic rings. The van der Waals surface area contributed by atoms with Gasteiger partial charge in [-0.2, -0.15) is 0 Å². The van der Waals surface area contributed by atoms with E-state index in [4.69, 9.17) is 4.43 Å². The zero-order valence-corrected chi connectivity index (χ0v) is 15.8. The average Bonchev–Trinajstić information content (AvgIpc) is 1.95. The minimum absolute atomic E-state index is 0.0533. The molecule has 0 aromatic carbocycles. The number of hydrogen-bond acceptors (Lipinski definition) is 2. The molecule has 0 spiro atoms. The van der Waals surface area contributed by atoms with E-state index in [2.05, 4.69) is 72.7 Å². The van der Waals surface area contributed by atoms with Gasteiger partial charge in [0.15, 0.2) is 8.24 Å². The molecular formula is C13H31NO2Si2. The average molecular weight is 290 g/mol. The summed E-state index contributed by atoms with van der Waals surface area (Å²) in [5.74, 6) is 0. The molecule has 0 aromatic rings. The number of rotatable bonds is 2. The molecule has 0 aliphatic carbocycles. The zero-order chi connectivity index (χ0) is 15.0. The van der Waals surface area contributed by atoms with Crippen LogP contribution in [0.3, 0.4) is 0 Å². The monoisotopic (exact) mass is 289 g/mol. The Balaban J connectivity index is 4.75. The summed E-state index contributed by atoms with van der Waals surface area (Å²) in [5.41, 5.74) is 0. The molecule has 5 heteroatoms. The lowest BCUT2D eigenvalue weighted by Crippen LogP contribution is -2.57. The SMILES string of the molecule is CC(C)(C)[Si](C)(C)NC(=O)O[Si](C)(C)C(C)(C)C. The number of hydrogen-bond donors (Lipinski definition) is 1. The third kappa shape index (κ3) is 4.42. The third-order valence-electron chi connectivity index (χ3n) is 4.44. The van der Waals surface area contributed by atoms with Crippen LogP contribution in [0.1, 0.15) is 41.5 Å². The highest BCUT2D eigenvalue weighted by Crippen LogP contribution is 2.37. The Morgan fingerprint density at radius 1 is 0.889 bits per heavy atom. The van der Waals surface area contributed by atoms with Crippen molar-refractivity contribution in [3.05, 3.63) is 0 Å². The molecule has 0 atom stereocenters. The first-order chi connectivity index (χ1) is 7.60. The summed E-state index contributed by atoms with van der Waals surface area (Å²) in [6, 6.07) is 0. The topological polar surface area (TPSA) is 38.3 Å². The molecule has 108 valence electrons. The van der Waals surface area contributed by atoms with E-state index >= 15 is 0 Å². The van der Waals surface area contributed by atoms with Crippen LogP contribution in [-0.2, 0) is 4.43 Å². The van der Waals surface area contributed by atoms with Gasteiger partial charge in [-0.25, -0.2) is 4.79 Å². The Kier molecular flexibility index (Phi) is 4.92. The van der Waals surface area contributed by atoms with Crippen LogP contribution in [0, 0.1) is 0 Å². The summed E-state index contributed by atoms with van der Waals surface area (Å²) in [6.07, 6.45) is -0.229. The highest BCUT2D eigenvalue weighted by molar-refractivity contribution is 6.80. The van der Waals surface area contributed by atoms with Crippen LogP contribution in [-0.4, -0.2) is 22.6 Å². The lowest BCUT2D eigenvalue weighted by Gasteiger charge is -2.40. The molecule has 0 saturated carbocycles. The zero-order valence-electron chi connectivity index (χ0n) is 13.8. The standard InChI is InChI=1S/C13H31NO2Si2/c1-12(2,3)17(7,8)14-11(15)16-18(9,10)13(4,5)6/h1-10H3,(H,14,15). The van der Waals surface area contributed by atoms with Crippen LogP contribution in [0.15, 0.2) is 0 Å². The van der Waals surface area contributed by atoms with E-state index in [0.29, 0.717) is 0 Å². The van der Waals surface area contributed by atoms with Gasteiger partial charge in [0.25, 0.3) is 8.32 Å². The first-order valence-corrected chi connectivity index (χ1v) is 12.5. The molecule has 0 unspecified atom stereocenters. The van der Waals surface area contributed by atoms with Gasteiger partial charge in [-0.05, 0) is 23.2 Å². The summed E-state index contributed by atoms with van der Waals surface area (Å²) in [6.45, 7) is 21.5. The Morgan fingerprint density at radius 2 is 1.28 bits per heavy atom. The molecule has 0 aliphatic heterocycles. The van der Waals surface area contributed by atoms with Crippen molar-refractivity contribution < 1.29 is 9.22 Å². The Labute approximate surface area is 115 Å². The smallest absolute Gasteiger partial charge is 0.385 e. The quantitative estimate of drug-likeness (QED) is 0.747. The van der Waals surface area contributed by atoms with E-state index in [1.165, 1.54) is 0 Å². The Bertz CT molecular complexity index is 282. The van der Waals surface area contributed by atoms with Crippen LogP contribution in [0.25, 0.3) is 0 Å². The fourth-order valence-electron chi connectivity index (χ4n) is 0.853. The van der Waals surface area contributed by atoms with Crippen molar-refractivity contribution in [2.45, 2.75) is 77.8 Å². The molecular weight excluding hydrogens is 258 g/mol. The van der Waals surface area contributed by atoms with Gasteiger partial charge in [0.2, 0.25) is 0 Å². The van der Waals surface area contributed by atoms with Gasteiger partial charge in [-0.15, -0.1) is 0 Å². The normalized spacial score (nSPS) is 14.3. The molecule has 0 aromatic heterocycles. The van der Waals surface area contributed by atoms with E-state index in [-0.39, 0.29) is 16.2 Å². The molecule has 0 rings (SSSR count). The fraction of sp³-hybridized carbons (Fsp3) is 0.923. The third-order valence-corrected chi connectivity index (χ3v) is 13.3. The highest BCUT2D eigenvalue weighted by Gasteiger charge is 2.43. The number of amides is 1. The fourth-order valence-corrected chi connectivity index (χ4v) is 2.71. The predicted octanol–water partition coefficient (Wildman–Crippen LogP) is 4.72. The largest absolute Gasteiger partial charge is 0.504 e. The first kappa shape index (κ1) is 17.7. The second-order valence-electron chi connectivity index (χ2n) is 8.15. The Morgan fingerprint density at radius 3 is 1.56 bits per heavy atom. The summed E-state index contributed by atoms with van der Waals surface area (Å²) in [4.78, 5) is 15.2. The molecule has 0 fully saturated rings. The molecule has 0 radical (unpaired) electrons. The van der Waals surface area contributed by atoms with E-state index in [1.54, 1.807) is 0 Å². The van der Waals surface area contributed by atoms with Crippen LogP contribution < -0.4 is 4.98 Å². The van der Waals surface area contributed by atoms with E-state index < -0.39 is 16.6 Å². The predicted molar refractivity (Wildman–Crippen MR) is 84.0 cm³/mol. The van der Waals surface area contributed by atoms with E-state index in [0.717, 1.165) is 0 Å². The lowest BCUT2D eigenvalue weighted by atomic mass is 10.2. The second kappa shape index (κ2) is 5.00. The van der Waals surface area contributed by atoms with Gasteiger partial charge in [0.05, 0.1) is 0 Å². The van der Waals surface area contributed by atoms with Crippen molar-refractivity contribution >= 4 is 22.6 Å². The van der Waals surface area contributed by atoms with Gasteiger partial charge in [0, 0.05) is 0 Å². The Hall–Kier alpha value is -0.296. The molecule has 0 saturated heterocycles. The van der Waals surface area contributed by atoms with Crippen molar-refractivity contribution in [3.63, 3.8) is 0 Å². The van der Waals surface area contributed by atoms with Crippen molar-refractivity contribution in [1.29, 1.82) is 0 Å². The number of carbonyl (C=O) groups is 1. The van der Waals surface area contributed by atoms with Crippen molar-refractivity contribution in [2.75, 3.05) is 0 Å². The van der Waals surface area contributed by atoms with Gasteiger partial charge in [-0.1, -0.05) is 54.6 Å². The summed E-state index contributed by atoms with van der Waals surface area (Å²) in [7, 11) is -3.85. The van der Waals surface area contributed by atoms with Crippen LogP contribution in [0.2, 0.25) is 36.3 Å². The van der Waals surface area contributed by atoms with Crippen molar-refractivity contribution in [2.24, 2.45) is 0 Å². The molecule has 1 amide bonds. The van der Waals surface area contributed by atoms with Crippen LogP contribution in [0.5, 0.6) is 0 Å². The minimum Gasteiger partial charge on any atom is -0.504 e. The molecule has 1 N–H and O–H groups in total. The first-order valence-electron chi connectivity index (χ1n) is 6.61. The summed E-state index contributed by atoms with van der Waals surface area (Å²) >= 11 is 0. The molecule has 0 heterocycles. The number of carbonyl (C=O) groups excluding carboxylic acids is 1. The van der Waals surface area contributed by atoms with E-state index in [9.17, 15) is 4.79 Å². The van der Waals surface area contributed by atoms with E-state index in [1.807, 2.05) is 0 Å². The van der Waals surface area contributed by atoms with Crippen molar-refractivity contribution in [3.8, 4) is 0 Å².